The Hall–Kier alpha value is -0.610. The fraction of sp³-hybridized carbons (Fsp3) is 0.923. The van der Waals surface area contributed by atoms with Crippen molar-refractivity contribution in [1.82, 2.24) is 0 Å². The highest BCUT2D eigenvalue weighted by atomic mass is 16.4. The van der Waals surface area contributed by atoms with Gasteiger partial charge in [-0.3, -0.25) is 0 Å². The molecule has 1 fully saturated rings. The molecule has 0 aromatic carbocycles. The molecular weight excluding hydrogens is 220 g/mol. The van der Waals surface area contributed by atoms with Crippen LogP contribution in [0.4, 0.5) is 0 Å². The van der Waals surface area contributed by atoms with E-state index in [-0.39, 0.29) is 11.8 Å². The highest BCUT2D eigenvalue weighted by molar-refractivity contribution is 5.78. The standard InChI is InChI=1S/C13H24O4/c1-4-5-10-7-6-9(2)8-13(10,17)12(3,16)11(14)15/h9-10,16-17H,4-8H2,1-3H3,(H,14,15). The first-order valence-corrected chi connectivity index (χ1v) is 6.43. The van der Waals surface area contributed by atoms with Crippen LogP contribution in [0.15, 0.2) is 0 Å². The third-order valence-electron chi connectivity index (χ3n) is 4.24. The van der Waals surface area contributed by atoms with Crippen LogP contribution in [0, 0.1) is 11.8 Å². The Bertz CT molecular complexity index is 287. The Morgan fingerprint density at radius 2 is 2.06 bits per heavy atom. The normalized spacial score (nSPS) is 37.5. The van der Waals surface area contributed by atoms with E-state index in [0.29, 0.717) is 6.42 Å². The van der Waals surface area contributed by atoms with Crippen molar-refractivity contribution in [3.63, 3.8) is 0 Å². The van der Waals surface area contributed by atoms with Crippen LogP contribution in [0.2, 0.25) is 0 Å². The number of aliphatic hydroxyl groups is 2. The first kappa shape index (κ1) is 14.5. The third-order valence-corrected chi connectivity index (χ3v) is 4.24. The van der Waals surface area contributed by atoms with Crippen molar-refractivity contribution in [1.29, 1.82) is 0 Å². The molecule has 3 N–H and O–H groups in total. The van der Waals surface area contributed by atoms with Crippen molar-refractivity contribution in [2.75, 3.05) is 0 Å². The Labute approximate surface area is 103 Å². The summed E-state index contributed by atoms with van der Waals surface area (Å²) >= 11 is 0. The molecule has 4 heteroatoms. The molecule has 0 aromatic heterocycles. The van der Waals surface area contributed by atoms with E-state index in [1.54, 1.807) is 0 Å². The van der Waals surface area contributed by atoms with E-state index in [4.69, 9.17) is 5.11 Å². The second-order valence-corrected chi connectivity index (χ2v) is 5.67. The summed E-state index contributed by atoms with van der Waals surface area (Å²) in [5.41, 5.74) is -3.58. The summed E-state index contributed by atoms with van der Waals surface area (Å²) in [5.74, 6) is -1.22. The lowest BCUT2D eigenvalue weighted by atomic mass is 9.62. The minimum atomic E-state index is -2.07. The van der Waals surface area contributed by atoms with Gasteiger partial charge in [0.1, 0.15) is 5.60 Å². The maximum absolute atomic E-state index is 11.2. The van der Waals surface area contributed by atoms with Crippen molar-refractivity contribution in [2.24, 2.45) is 11.8 Å². The van der Waals surface area contributed by atoms with Gasteiger partial charge in [-0.05, 0) is 38.0 Å². The van der Waals surface area contributed by atoms with Gasteiger partial charge in [0.15, 0.2) is 5.60 Å². The molecule has 4 unspecified atom stereocenters. The first-order valence-electron chi connectivity index (χ1n) is 6.43. The molecule has 100 valence electrons. The smallest absolute Gasteiger partial charge is 0.338 e. The largest absolute Gasteiger partial charge is 0.479 e. The van der Waals surface area contributed by atoms with Crippen LogP contribution in [0.25, 0.3) is 0 Å². The van der Waals surface area contributed by atoms with Crippen molar-refractivity contribution >= 4 is 5.97 Å². The highest BCUT2D eigenvalue weighted by Gasteiger charge is 2.57. The Morgan fingerprint density at radius 1 is 1.47 bits per heavy atom. The predicted molar refractivity (Wildman–Crippen MR) is 64.6 cm³/mol. The van der Waals surface area contributed by atoms with Gasteiger partial charge in [-0.1, -0.05) is 26.7 Å². The molecule has 0 amide bonds. The summed E-state index contributed by atoms with van der Waals surface area (Å²) < 4.78 is 0. The van der Waals surface area contributed by atoms with Gasteiger partial charge >= 0.3 is 5.97 Å². The SMILES string of the molecule is CCCC1CCC(C)CC1(O)C(C)(O)C(=O)O. The van der Waals surface area contributed by atoms with Crippen LogP contribution < -0.4 is 0 Å². The van der Waals surface area contributed by atoms with Gasteiger partial charge < -0.3 is 15.3 Å². The van der Waals surface area contributed by atoms with Crippen LogP contribution in [0.3, 0.4) is 0 Å². The van der Waals surface area contributed by atoms with Gasteiger partial charge in [0.05, 0.1) is 0 Å². The number of carbonyl (C=O) groups is 1. The summed E-state index contributed by atoms with van der Waals surface area (Å²) in [6.07, 6.45) is 3.78. The second kappa shape index (κ2) is 4.94. The Balaban J connectivity index is 3.04. The molecule has 0 radical (unpaired) electrons. The van der Waals surface area contributed by atoms with E-state index in [2.05, 4.69) is 0 Å². The van der Waals surface area contributed by atoms with E-state index in [9.17, 15) is 15.0 Å². The lowest BCUT2D eigenvalue weighted by Gasteiger charge is -2.48. The molecular formula is C13H24O4. The Morgan fingerprint density at radius 3 is 2.53 bits per heavy atom. The van der Waals surface area contributed by atoms with E-state index in [0.717, 1.165) is 25.7 Å². The van der Waals surface area contributed by atoms with Crippen molar-refractivity contribution < 1.29 is 20.1 Å². The number of carboxylic acids is 1. The van der Waals surface area contributed by atoms with Gasteiger partial charge in [-0.15, -0.1) is 0 Å². The summed E-state index contributed by atoms with van der Waals surface area (Å²) in [5, 5.41) is 30.0. The second-order valence-electron chi connectivity index (χ2n) is 5.67. The zero-order chi connectivity index (χ0) is 13.3. The molecule has 0 spiro atoms. The number of aliphatic carboxylic acids is 1. The Kier molecular flexibility index (Phi) is 4.20. The van der Waals surface area contributed by atoms with Crippen LogP contribution in [-0.2, 0) is 4.79 Å². The molecule has 1 aliphatic carbocycles. The molecule has 4 atom stereocenters. The van der Waals surface area contributed by atoms with Crippen molar-refractivity contribution in [3.05, 3.63) is 0 Å². The third kappa shape index (κ3) is 2.47. The number of hydrogen-bond acceptors (Lipinski definition) is 3. The zero-order valence-electron chi connectivity index (χ0n) is 10.9. The average Bonchev–Trinajstić information content (AvgIpc) is 2.22. The topological polar surface area (TPSA) is 77.8 Å². The highest BCUT2D eigenvalue weighted by Crippen LogP contribution is 2.45. The molecule has 0 aromatic rings. The quantitative estimate of drug-likeness (QED) is 0.704. The van der Waals surface area contributed by atoms with Gasteiger partial charge in [0, 0.05) is 0 Å². The first-order chi connectivity index (χ1) is 7.75. The van der Waals surface area contributed by atoms with Crippen LogP contribution >= 0.6 is 0 Å². The average molecular weight is 244 g/mol. The summed E-state index contributed by atoms with van der Waals surface area (Å²) in [7, 11) is 0. The van der Waals surface area contributed by atoms with Gasteiger partial charge in [0.2, 0.25) is 0 Å². The molecule has 0 heterocycles. The summed E-state index contributed by atoms with van der Waals surface area (Å²) in [6, 6.07) is 0. The van der Waals surface area contributed by atoms with Crippen molar-refractivity contribution in [2.45, 2.75) is 64.1 Å². The molecule has 1 saturated carbocycles. The molecule has 0 saturated heterocycles. The van der Waals surface area contributed by atoms with Crippen LogP contribution in [-0.4, -0.2) is 32.5 Å². The summed E-state index contributed by atoms with van der Waals surface area (Å²) in [4.78, 5) is 11.2. The maximum Gasteiger partial charge on any atom is 0.338 e. The summed E-state index contributed by atoms with van der Waals surface area (Å²) in [6.45, 7) is 5.22. The van der Waals surface area contributed by atoms with Gasteiger partial charge in [-0.25, -0.2) is 4.79 Å². The number of rotatable bonds is 4. The molecule has 1 rings (SSSR count). The van der Waals surface area contributed by atoms with Gasteiger partial charge in [-0.2, -0.15) is 0 Å². The van der Waals surface area contributed by atoms with Crippen LogP contribution in [0.1, 0.15) is 52.9 Å². The monoisotopic (exact) mass is 244 g/mol. The molecule has 0 aliphatic heterocycles. The minimum absolute atomic E-state index is 0.130. The number of hydrogen-bond donors (Lipinski definition) is 3. The van der Waals surface area contributed by atoms with Crippen molar-refractivity contribution in [3.8, 4) is 0 Å². The zero-order valence-corrected chi connectivity index (χ0v) is 10.9. The molecule has 4 nitrogen and oxygen atoms in total. The van der Waals surface area contributed by atoms with E-state index < -0.39 is 17.2 Å². The maximum atomic E-state index is 11.2. The molecule has 17 heavy (non-hydrogen) atoms. The molecule has 0 bridgehead atoms. The van der Waals surface area contributed by atoms with E-state index in [1.165, 1.54) is 6.92 Å². The minimum Gasteiger partial charge on any atom is -0.479 e. The lowest BCUT2D eigenvalue weighted by molar-refractivity contribution is -0.213. The molecule has 1 aliphatic rings. The van der Waals surface area contributed by atoms with Gasteiger partial charge in [0.25, 0.3) is 0 Å². The number of carboxylic acid groups (broad SMARTS) is 1. The lowest BCUT2D eigenvalue weighted by Crippen LogP contribution is -2.63. The van der Waals surface area contributed by atoms with E-state index >= 15 is 0 Å². The fourth-order valence-electron chi connectivity index (χ4n) is 3.04. The van der Waals surface area contributed by atoms with E-state index in [1.807, 2.05) is 13.8 Å². The van der Waals surface area contributed by atoms with Crippen LogP contribution in [0.5, 0.6) is 0 Å². The fourth-order valence-corrected chi connectivity index (χ4v) is 3.04. The predicted octanol–water partition coefficient (Wildman–Crippen LogP) is 1.79.